The van der Waals surface area contributed by atoms with Gasteiger partial charge in [-0.3, -0.25) is 4.98 Å². The van der Waals surface area contributed by atoms with Gasteiger partial charge < -0.3 is 14.4 Å². The molecule has 2 heterocycles. The fourth-order valence-corrected chi connectivity index (χ4v) is 2.00. The van der Waals surface area contributed by atoms with Crippen molar-refractivity contribution in [3.05, 3.63) is 53.2 Å². The maximum Gasteiger partial charge on any atom is 0.371 e. The van der Waals surface area contributed by atoms with Gasteiger partial charge in [0, 0.05) is 37.0 Å². The Hall–Kier alpha value is -2.14. The third-order valence-electron chi connectivity index (χ3n) is 3.15. The van der Waals surface area contributed by atoms with Gasteiger partial charge in [0.2, 0.25) is 5.76 Å². The molecule has 5 nitrogen and oxygen atoms in total. The first-order chi connectivity index (χ1) is 9.56. The number of carboxylic acids is 1. The standard InChI is InChI=1S/C15H18N2O3/c1-11-12(9-14(20-11)15(18)19)10-17(2)8-6-13-5-3-4-7-16-13/h3-5,7,9H,6,8,10H2,1-2H3,(H,18,19). The highest BCUT2D eigenvalue weighted by Gasteiger charge is 2.14. The number of rotatable bonds is 6. The molecule has 1 N–H and O–H groups in total. The van der Waals surface area contributed by atoms with Crippen molar-refractivity contribution >= 4 is 5.97 Å². The van der Waals surface area contributed by atoms with E-state index in [1.54, 1.807) is 19.2 Å². The Kier molecular flexibility index (Phi) is 4.53. The minimum absolute atomic E-state index is 0.00405. The van der Waals surface area contributed by atoms with E-state index in [4.69, 9.17) is 9.52 Å². The number of aromatic nitrogens is 1. The van der Waals surface area contributed by atoms with Crippen LogP contribution in [0.2, 0.25) is 0 Å². The molecule has 0 aliphatic heterocycles. The van der Waals surface area contributed by atoms with Gasteiger partial charge in [0.05, 0.1) is 0 Å². The van der Waals surface area contributed by atoms with Crippen LogP contribution in [-0.2, 0) is 13.0 Å². The normalized spacial score (nSPS) is 10.9. The molecule has 0 fully saturated rings. The molecule has 5 heteroatoms. The Bertz CT molecular complexity index is 578. The predicted octanol–water partition coefficient (Wildman–Crippen LogP) is 2.36. The van der Waals surface area contributed by atoms with E-state index in [1.165, 1.54) is 0 Å². The molecular weight excluding hydrogens is 256 g/mol. The molecule has 0 bridgehead atoms. The second-order valence-electron chi connectivity index (χ2n) is 4.81. The summed E-state index contributed by atoms with van der Waals surface area (Å²) >= 11 is 0. The molecule has 2 aromatic heterocycles. The third kappa shape index (κ3) is 3.68. The quantitative estimate of drug-likeness (QED) is 0.876. The van der Waals surface area contributed by atoms with Crippen molar-refractivity contribution in [3.8, 4) is 0 Å². The number of carboxylic acid groups (broad SMARTS) is 1. The van der Waals surface area contributed by atoms with E-state index in [9.17, 15) is 4.79 Å². The van der Waals surface area contributed by atoms with Gasteiger partial charge in [-0.1, -0.05) is 6.07 Å². The zero-order chi connectivity index (χ0) is 14.5. The summed E-state index contributed by atoms with van der Waals surface area (Å²) in [6, 6.07) is 7.46. The zero-order valence-electron chi connectivity index (χ0n) is 11.7. The van der Waals surface area contributed by atoms with E-state index in [0.29, 0.717) is 12.3 Å². The van der Waals surface area contributed by atoms with Crippen molar-refractivity contribution in [2.75, 3.05) is 13.6 Å². The number of likely N-dealkylation sites (N-methyl/N-ethyl adjacent to an activating group) is 1. The summed E-state index contributed by atoms with van der Waals surface area (Å²) in [4.78, 5) is 17.3. The van der Waals surface area contributed by atoms with Gasteiger partial charge in [-0.15, -0.1) is 0 Å². The molecular formula is C15H18N2O3. The monoisotopic (exact) mass is 274 g/mol. The number of nitrogens with zero attached hydrogens (tertiary/aromatic N) is 2. The van der Waals surface area contributed by atoms with Gasteiger partial charge in [-0.2, -0.15) is 0 Å². The highest BCUT2D eigenvalue weighted by atomic mass is 16.4. The summed E-state index contributed by atoms with van der Waals surface area (Å²) < 4.78 is 5.20. The molecule has 2 aromatic rings. The number of carbonyl (C=O) groups is 1. The van der Waals surface area contributed by atoms with E-state index in [1.807, 2.05) is 25.2 Å². The summed E-state index contributed by atoms with van der Waals surface area (Å²) in [6.07, 6.45) is 2.65. The number of aryl methyl sites for hydroxylation is 1. The lowest BCUT2D eigenvalue weighted by atomic mass is 10.2. The molecule has 0 saturated carbocycles. The van der Waals surface area contributed by atoms with Crippen LogP contribution in [0.25, 0.3) is 0 Å². The first-order valence-electron chi connectivity index (χ1n) is 6.47. The number of pyridine rings is 1. The second-order valence-corrected chi connectivity index (χ2v) is 4.81. The molecule has 0 aliphatic carbocycles. The van der Waals surface area contributed by atoms with Gasteiger partial charge in [0.1, 0.15) is 5.76 Å². The average molecular weight is 274 g/mol. The van der Waals surface area contributed by atoms with Crippen LogP contribution in [0.3, 0.4) is 0 Å². The topological polar surface area (TPSA) is 66.6 Å². The lowest BCUT2D eigenvalue weighted by Crippen LogP contribution is -2.21. The van der Waals surface area contributed by atoms with Crippen LogP contribution in [0.5, 0.6) is 0 Å². The molecule has 0 aromatic carbocycles. The van der Waals surface area contributed by atoms with Crippen LogP contribution in [0.4, 0.5) is 0 Å². The summed E-state index contributed by atoms with van der Waals surface area (Å²) in [5.41, 5.74) is 1.96. The first-order valence-corrected chi connectivity index (χ1v) is 6.47. The molecule has 20 heavy (non-hydrogen) atoms. The average Bonchev–Trinajstić information content (AvgIpc) is 2.79. The number of aromatic carboxylic acids is 1. The van der Waals surface area contributed by atoms with Crippen molar-refractivity contribution in [1.29, 1.82) is 0 Å². The van der Waals surface area contributed by atoms with Crippen molar-refractivity contribution in [2.45, 2.75) is 19.9 Å². The molecule has 0 saturated heterocycles. The predicted molar refractivity (Wildman–Crippen MR) is 74.7 cm³/mol. The minimum atomic E-state index is -1.03. The molecule has 2 rings (SSSR count). The van der Waals surface area contributed by atoms with Crippen molar-refractivity contribution in [3.63, 3.8) is 0 Å². The maximum absolute atomic E-state index is 10.8. The Morgan fingerprint density at radius 2 is 2.25 bits per heavy atom. The van der Waals surface area contributed by atoms with Crippen LogP contribution >= 0.6 is 0 Å². The van der Waals surface area contributed by atoms with E-state index in [0.717, 1.165) is 24.2 Å². The van der Waals surface area contributed by atoms with Gasteiger partial charge in [-0.05, 0) is 32.2 Å². The molecule has 0 radical (unpaired) electrons. The van der Waals surface area contributed by atoms with Crippen molar-refractivity contribution in [2.24, 2.45) is 0 Å². The highest BCUT2D eigenvalue weighted by Crippen LogP contribution is 2.16. The lowest BCUT2D eigenvalue weighted by molar-refractivity contribution is 0.0661. The molecule has 106 valence electrons. The Balaban J connectivity index is 1.91. The smallest absolute Gasteiger partial charge is 0.371 e. The van der Waals surface area contributed by atoms with Crippen molar-refractivity contribution in [1.82, 2.24) is 9.88 Å². The van der Waals surface area contributed by atoms with Crippen LogP contribution in [0.1, 0.15) is 27.6 Å². The summed E-state index contributed by atoms with van der Waals surface area (Å²) in [5.74, 6) is -0.377. The SMILES string of the molecule is Cc1oc(C(=O)O)cc1CN(C)CCc1ccccn1. The first kappa shape index (κ1) is 14.3. The summed E-state index contributed by atoms with van der Waals surface area (Å²) in [7, 11) is 2.00. The maximum atomic E-state index is 10.8. The third-order valence-corrected chi connectivity index (χ3v) is 3.15. The number of hydrogen-bond donors (Lipinski definition) is 1. The zero-order valence-corrected chi connectivity index (χ0v) is 11.7. The fourth-order valence-electron chi connectivity index (χ4n) is 2.00. The summed E-state index contributed by atoms with van der Waals surface area (Å²) in [6.45, 7) is 3.30. The molecule has 0 atom stereocenters. The Labute approximate surface area is 117 Å². The van der Waals surface area contributed by atoms with Crippen LogP contribution in [-0.4, -0.2) is 34.6 Å². The Morgan fingerprint density at radius 1 is 1.45 bits per heavy atom. The largest absolute Gasteiger partial charge is 0.475 e. The van der Waals surface area contributed by atoms with Gasteiger partial charge in [0.25, 0.3) is 0 Å². The molecule has 0 spiro atoms. The molecule has 0 amide bonds. The summed E-state index contributed by atoms with van der Waals surface area (Å²) in [5, 5.41) is 8.89. The van der Waals surface area contributed by atoms with E-state index < -0.39 is 5.97 Å². The second kappa shape index (κ2) is 6.34. The van der Waals surface area contributed by atoms with E-state index in [2.05, 4.69) is 9.88 Å². The lowest BCUT2D eigenvalue weighted by Gasteiger charge is -2.15. The van der Waals surface area contributed by atoms with Gasteiger partial charge >= 0.3 is 5.97 Å². The van der Waals surface area contributed by atoms with Crippen LogP contribution in [0, 0.1) is 6.92 Å². The number of hydrogen-bond acceptors (Lipinski definition) is 4. The van der Waals surface area contributed by atoms with Crippen LogP contribution in [0.15, 0.2) is 34.9 Å². The van der Waals surface area contributed by atoms with Gasteiger partial charge in [0.15, 0.2) is 0 Å². The molecule has 0 unspecified atom stereocenters. The number of furan rings is 1. The highest BCUT2D eigenvalue weighted by molar-refractivity contribution is 5.84. The fraction of sp³-hybridized carbons (Fsp3) is 0.333. The van der Waals surface area contributed by atoms with Crippen LogP contribution < -0.4 is 0 Å². The van der Waals surface area contributed by atoms with Gasteiger partial charge in [-0.25, -0.2) is 4.79 Å². The Morgan fingerprint density at radius 3 is 2.85 bits per heavy atom. The minimum Gasteiger partial charge on any atom is -0.475 e. The van der Waals surface area contributed by atoms with E-state index in [-0.39, 0.29) is 5.76 Å². The van der Waals surface area contributed by atoms with Crippen molar-refractivity contribution < 1.29 is 14.3 Å². The van der Waals surface area contributed by atoms with E-state index >= 15 is 0 Å². The molecule has 0 aliphatic rings.